The molecule has 18 heavy (non-hydrogen) atoms. The Balaban J connectivity index is 2.93. The van der Waals surface area contributed by atoms with Crippen molar-refractivity contribution >= 4 is 12.0 Å². The van der Waals surface area contributed by atoms with Crippen LogP contribution >= 0.6 is 0 Å². The summed E-state index contributed by atoms with van der Waals surface area (Å²) in [6, 6.07) is 4.52. The molecule has 1 rings (SSSR count). The minimum absolute atomic E-state index is 0.349. The third-order valence-electron chi connectivity index (χ3n) is 3.42. The van der Waals surface area contributed by atoms with E-state index in [-0.39, 0.29) is 5.82 Å². The van der Waals surface area contributed by atoms with E-state index >= 15 is 0 Å². The van der Waals surface area contributed by atoms with Crippen molar-refractivity contribution in [3.05, 3.63) is 29.6 Å². The van der Waals surface area contributed by atoms with E-state index in [0.717, 1.165) is 31.6 Å². The molecule has 1 aromatic rings. The van der Waals surface area contributed by atoms with Crippen LogP contribution in [0.4, 0.5) is 10.1 Å². The van der Waals surface area contributed by atoms with E-state index in [4.69, 9.17) is 0 Å². The SMILES string of the molecule is CCC(CC)CN(CC)c1cc(F)cc(C=O)c1. The van der Waals surface area contributed by atoms with Gasteiger partial charge in [0.05, 0.1) is 0 Å². The largest absolute Gasteiger partial charge is 0.371 e. The predicted octanol–water partition coefficient (Wildman–Crippen LogP) is 3.90. The molecule has 0 aliphatic heterocycles. The minimum Gasteiger partial charge on any atom is -0.371 e. The highest BCUT2D eigenvalue weighted by atomic mass is 19.1. The molecule has 0 unspecified atom stereocenters. The fraction of sp³-hybridized carbons (Fsp3) is 0.533. The van der Waals surface area contributed by atoms with Crippen LogP contribution in [-0.2, 0) is 0 Å². The van der Waals surface area contributed by atoms with E-state index in [1.807, 2.05) is 6.92 Å². The van der Waals surface area contributed by atoms with Crippen molar-refractivity contribution in [2.75, 3.05) is 18.0 Å². The Labute approximate surface area is 109 Å². The lowest BCUT2D eigenvalue weighted by Gasteiger charge is -2.27. The molecule has 0 N–H and O–H groups in total. The lowest BCUT2D eigenvalue weighted by Crippen LogP contribution is -2.29. The maximum atomic E-state index is 13.4. The average Bonchev–Trinajstić information content (AvgIpc) is 2.39. The molecule has 0 radical (unpaired) electrons. The van der Waals surface area contributed by atoms with Gasteiger partial charge in [-0.1, -0.05) is 26.7 Å². The predicted molar refractivity (Wildman–Crippen MR) is 73.7 cm³/mol. The number of nitrogens with zero attached hydrogens (tertiary/aromatic N) is 1. The standard InChI is InChI=1S/C15H22FNO/c1-4-12(5-2)10-17(6-3)15-8-13(11-18)7-14(16)9-15/h7-9,11-12H,4-6,10H2,1-3H3. The lowest BCUT2D eigenvalue weighted by molar-refractivity contribution is 0.112. The molecule has 0 heterocycles. The Morgan fingerprint density at radius 2 is 1.89 bits per heavy atom. The molecule has 0 spiro atoms. The highest BCUT2D eigenvalue weighted by molar-refractivity contribution is 5.77. The highest BCUT2D eigenvalue weighted by Gasteiger charge is 2.12. The van der Waals surface area contributed by atoms with Gasteiger partial charge in [-0.3, -0.25) is 4.79 Å². The number of hydrogen-bond acceptors (Lipinski definition) is 2. The smallest absolute Gasteiger partial charge is 0.150 e. The van der Waals surface area contributed by atoms with Gasteiger partial charge in [0, 0.05) is 24.3 Å². The number of carbonyl (C=O) groups is 1. The maximum Gasteiger partial charge on any atom is 0.150 e. The van der Waals surface area contributed by atoms with Gasteiger partial charge >= 0.3 is 0 Å². The summed E-state index contributed by atoms with van der Waals surface area (Å²) in [5, 5.41) is 0. The van der Waals surface area contributed by atoms with E-state index in [0.29, 0.717) is 17.8 Å². The van der Waals surface area contributed by atoms with E-state index < -0.39 is 0 Å². The number of benzene rings is 1. The quantitative estimate of drug-likeness (QED) is 0.685. The first kappa shape index (κ1) is 14.7. The second-order valence-electron chi connectivity index (χ2n) is 4.58. The van der Waals surface area contributed by atoms with E-state index in [2.05, 4.69) is 18.7 Å². The topological polar surface area (TPSA) is 20.3 Å². The molecule has 0 amide bonds. The third kappa shape index (κ3) is 3.83. The van der Waals surface area contributed by atoms with Crippen LogP contribution in [0.3, 0.4) is 0 Å². The van der Waals surface area contributed by atoms with E-state index in [1.54, 1.807) is 6.07 Å². The van der Waals surface area contributed by atoms with Gasteiger partial charge in [-0.25, -0.2) is 4.39 Å². The van der Waals surface area contributed by atoms with Crippen LogP contribution in [-0.4, -0.2) is 19.4 Å². The van der Waals surface area contributed by atoms with Gasteiger partial charge in [-0.2, -0.15) is 0 Å². The summed E-state index contributed by atoms with van der Waals surface area (Å²) in [7, 11) is 0. The Hall–Kier alpha value is -1.38. The zero-order valence-corrected chi connectivity index (χ0v) is 11.4. The monoisotopic (exact) mass is 251 g/mol. The molecule has 0 bridgehead atoms. The Morgan fingerprint density at radius 3 is 2.39 bits per heavy atom. The lowest BCUT2D eigenvalue weighted by atomic mass is 10.0. The van der Waals surface area contributed by atoms with Crippen LogP contribution in [0.1, 0.15) is 44.0 Å². The van der Waals surface area contributed by atoms with Crippen LogP contribution in [0.25, 0.3) is 0 Å². The summed E-state index contributed by atoms with van der Waals surface area (Å²) >= 11 is 0. The zero-order valence-electron chi connectivity index (χ0n) is 11.4. The van der Waals surface area contributed by atoms with Gasteiger partial charge in [0.25, 0.3) is 0 Å². The summed E-state index contributed by atoms with van der Waals surface area (Å²) in [5.74, 6) is 0.255. The van der Waals surface area contributed by atoms with Crippen molar-refractivity contribution in [3.63, 3.8) is 0 Å². The minimum atomic E-state index is -0.349. The number of carbonyl (C=O) groups excluding carboxylic acids is 1. The van der Waals surface area contributed by atoms with Gasteiger partial charge < -0.3 is 4.90 Å². The van der Waals surface area contributed by atoms with E-state index in [1.165, 1.54) is 12.1 Å². The van der Waals surface area contributed by atoms with Crippen molar-refractivity contribution in [1.29, 1.82) is 0 Å². The molecule has 0 aromatic heterocycles. The van der Waals surface area contributed by atoms with Crippen LogP contribution in [0.15, 0.2) is 18.2 Å². The summed E-state index contributed by atoms with van der Waals surface area (Å²) in [6.07, 6.45) is 2.92. The molecule has 100 valence electrons. The molecule has 0 aliphatic rings. The summed E-state index contributed by atoms with van der Waals surface area (Å²) < 4.78 is 13.4. The number of rotatable bonds is 7. The number of hydrogen-bond donors (Lipinski definition) is 0. The van der Waals surface area contributed by atoms with Crippen molar-refractivity contribution in [3.8, 4) is 0 Å². The summed E-state index contributed by atoms with van der Waals surface area (Å²) in [6.45, 7) is 8.12. The zero-order chi connectivity index (χ0) is 13.5. The first-order valence-electron chi connectivity index (χ1n) is 6.65. The highest BCUT2D eigenvalue weighted by Crippen LogP contribution is 2.21. The Morgan fingerprint density at radius 1 is 1.22 bits per heavy atom. The molecular weight excluding hydrogens is 229 g/mol. The first-order valence-corrected chi connectivity index (χ1v) is 6.65. The number of aldehydes is 1. The second-order valence-corrected chi connectivity index (χ2v) is 4.58. The van der Waals surface area contributed by atoms with Crippen LogP contribution in [0.2, 0.25) is 0 Å². The van der Waals surface area contributed by atoms with Crippen LogP contribution in [0, 0.1) is 11.7 Å². The summed E-state index contributed by atoms with van der Waals surface area (Å²) in [5.41, 5.74) is 1.19. The molecule has 0 fully saturated rings. The fourth-order valence-electron chi connectivity index (χ4n) is 2.12. The Bertz CT molecular complexity index is 388. The van der Waals surface area contributed by atoms with Crippen molar-refractivity contribution < 1.29 is 9.18 Å². The van der Waals surface area contributed by atoms with Gasteiger partial charge in [0.15, 0.2) is 0 Å². The van der Waals surface area contributed by atoms with E-state index in [9.17, 15) is 9.18 Å². The number of anilines is 1. The molecule has 3 heteroatoms. The van der Waals surface area contributed by atoms with Crippen molar-refractivity contribution in [2.45, 2.75) is 33.6 Å². The Kier molecular flexibility index (Phi) is 5.83. The molecule has 1 aromatic carbocycles. The molecule has 0 atom stereocenters. The molecule has 0 saturated carbocycles. The number of halogens is 1. The maximum absolute atomic E-state index is 13.4. The molecule has 0 saturated heterocycles. The van der Waals surface area contributed by atoms with Gasteiger partial charge in [-0.05, 0) is 31.0 Å². The van der Waals surface area contributed by atoms with Crippen LogP contribution < -0.4 is 4.90 Å². The second kappa shape index (κ2) is 7.14. The normalized spacial score (nSPS) is 10.7. The van der Waals surface area contributed by atoms with Gasteiger partial charge in [0.2, 0.25) is 0 Å². The van der Waals surface area contributed by atoms with Crippen molar-refractivity contribution in [2.24, 2.45) is 5.92 Å². The first-order chi connectivity index (χ1) is 8.64. The molecule has 2 nitrogen and oxygen atoms in total. The molecule has 0 aliphatic carbocycles. The van der Waals surface area contributed by atoms with Gasteiger partial charge in [-0.15, -0.1) is 0 Å². The average molecular weight is 251 g/mol. The molecular formula is C15H22FNO. The van der Waals surface area contributed by atoms with Gasteiger partial charge in [0.1, 0.15) is 12.1 Å². The fourth-order valence-corrected chi connectivity index (χ4v) is 2.12. The van der Waals surface area contributed by atoms with Crippen LogP contribution in [0.5, 0.6) is 0 Å². The van der Waals surface area contributed by atoms with Crippen molar-refractivity contribution in [1.82, 2.24) is 0 Å². The summed E-state index contributed by atoms with van der Waals surface area (Å²) in [4.78, 5) is 12.9. The third-order valence-corrected chi connectivity index (χ3v) is 3.42.